The smallest absolute Gasteiger partial charge is 0.106 e. The molecule has 98 valence electrons. The van der Waals surface area contributed by atoms with Crippen LogP contribution in [0.3, 0.4) is 0 Å². The number of rotatable bonds is 6. The minimum absolute atomic E-state index is 0.890. The number of thiophene rings is 1. The van der Waals surface area contributed by atoms with Crippen molar-refractivity contribution < 1.29 is 0 Å². The van der Waals surface area contributed by atoms with Crippen LogP contribution in [0.1, 0.15) is 29.7 Å². The van der Waals surface area contributed by atoms with Gasteiger partial charge in [0.05, 0.1) is 12.2 Å². The summed E-state index contributed by atoms with van der Waals surface area (Å²) in [6, 6.07) is 2.17. The van der Waals surface area contributed by atoms with Gasteiger partial charge in [-0.25, -0.2) is 4.98 Å². The molecule has 2 aromatic rings. The van der Waals surface area contributed by atoms with Crippen molar-refractivity contribution in [1.29, 1.82) is 0 Å². The van der Waals surface area contributed by atoms with E-state index in [9.17, 15) is 0 Å². The van der Waals surface area contributed by atoms with Gasteiger partial charge in [0.2, 0.25) is 0 Å². The lowest BCUT2D eigenvalue weighted by Crippen LogP contribution is -2.17. The maximum atomic E-state index is 4.41. The largest absolute Gasteiger partial charge is 0.326 e. The Bertz CT molecular complexity index is 504. The molecule has 2 aromatic heterocycles. The van der Waals surface area contributed by atoms with Crippen LogP contribution < -0.4 is 5.32 Å². The van der Waals surface area contributed by atoms with E-state index in [0.717, 1.165) is 36.4 Å². The SMILES string of the molecule is CCCNCc1cnc(C)n1Cc1cc(Br)cs1. The van der Waals surface area contributed by atoms with Gasteiger partial charge in [0.15, 0.2) is 0 Å². The summed E-state index contributed by atoms with van der Waals surface area (Å²) in [6.07, 6.45) is 3.13. The second-order valence-corrected chi connectivity index (χ2v) is 6.20. The van der Waals surface area contributed by atoms with E-state index in [2.05, 4.69) is 56.1 Å². The summed E-state index contributed by atoms with van der Waals surface area (Å²) in [6.45, 7) is 7.09. The third kappa shape index (κ3) is 3.43. The van der Waals surface area contributed by atoms with Crippen LogP contribution in [0.4, 0.5) is 0 Å². The second-order valence-electron chi connectivity index (χ2n) is 4.29. The molecule has 0 atom stereocenters. The topological polar surface area (TPSA) is 29.9 Å². The fourth-order valence-corrected chi connectivity index (χ4v) is 3.30. The Labute approximate surface area is 120 Å². The van der Waals surface area contributed by atoms with Crippen LogP contribution in [0.25, 0.3) is 0 Å². The van der Waals surface area contributed by atoms with Gasteiger partial charge in [-0.05, 0) is 41.9 Å². The lowest BCUT2D eigenvalue weighted by molar-refractivity contribution is 0.625. The molecule has 2 rings (SSSR count). The highest BCUT2D eigenvalue weighted by molar-refractivity contribution is 9.10. The van der Waals surface area contributed by atoms with Crippen molar-refractivity contribution in [3.63, 3.8) is 0 Å². The zero-order valence-electron chi connectivity index (χ0n) is 10.7. The van der Waals surface area contributed by atoms with E-state index in [4.69, 9.17) is 0 Å². The first-order valence-corrected chi connectivity index (χ1v) is 7.82. The van der Waals surface area contributed by atoms with Gasteiger partial charge in [-0.2, -0.15) is 0 Å². The molecular formula is C13H18BrN3S. The van der Waals surface area contributed by atoms with Crippen LogP contribution in [0.15, 0.2) is 22.1 Å². The summed E-state index contributed by atoms with van der Waals surface area (Å²) in [4.78, 5) is 5.76. The van der Waals surface area contributed by atoms with E-state index in [1.54, 1.807) is 11.3 Å². The normalized spacial score (nSPS) is 11.1. The second kappa shape index (κ2) is 6.50. The fraction of sp³-hybridized carbons (Fsp3) is 0.462. The molecule has 0 bridgehead atoms. The molecule has 0 saturated heterocycles. The quantitative estimate of drug-likeness (QED) is 0.822. The number of aromatic nitrogens is 2. The molecule has 5 heteroatoms. The van der Waals surface area contributed by atoms with E-state index in [1.807, 2.05) is 6.20 Å². The molecule has 0 aliphatic heterocycles. The van der Waals surface area contributed by atoms with Crippen molar-refractivity contribution in [3.8, 4) is 0 Å². The molecule has 0 fully saturated rings. The van der Waals surface area contributed by atoms with Crippen LogP contribution in [0, 0.1) is 6.92 Å². The molecule has 0 unspecified atom stereocenters. The third-order valence-electron chi connectivity index (χ3n) is 2.81. The summed E-state index contributed by atoms with van der Waals surface area (Å²) in [7, 11) is 0. The van der Waals surface area contributed by atoms with Crippen molar-refractivity contribution in [1.82, 2.24) is 14.9 Å². The molecule has 3 nitrogen and oxygen atoms in total. The standard InChI is InChI=1S/C13H18BrN3S/c1-3-4-15-6-12-7-16-10(2)17(12)8-13-5-11(14)9-18-13/h5,7,9,15H,3-4,6,8H2,1-2H3. The molecule has 0 saturated carbocycles. The average Bonchev–Trinajstić information content (AvgIpc) is 2.90. The Morgan fingerprint density at radius 1 is 1.50 bits per heavy atom. The predicted octanol–water partition coefficient (Wildman–Crippen LogP) is 3.56. The van der Waals surface area contributed by atoms with Crippen LogP contribution in [-0.2, 0) is 13.1 Å². The van der Waals surface area contributed by atoms with Gasteiger partial charge in [0.1, 0.15) is 5.82 Å². The molecule has 0 aromatic carbocycles. The van der Waals surface area contributed by atoms with Crippen LogP contribution in [0.5, 0.6) is 0 Å². The Hall–Kier alpha value is -0.650. The van der Waals surface area contributed by atoms with E-state index < -0.39 is 0 Å². The molecule has 0 radical (unpaired) electrons. The van der Waals surface area contributed by atoms with Crippen LogP contribution in [0.2, 0.25) is 0 Å². The minimum Gasteiger partial charge on any atom is -0.326 e. The summed E-state index contributed by atoms with van der Waals surface area (Å²) in [5.74, 6) is 1.08. The van der Waals surface area contributed by atoms with Crippen molar-refractivity contribution in [2.24, 2.45) is 0 Å². The van der Waals surface area contributed by atoms with Gasteiger partial charge < -0.3 is 9.88 Å². The van der Waals surface area contributed by atoms with Gasteiger partial charge in [0.25, 0.3) is 0 Å². The average molecular weight is 328 g/mol. The number of aryl methyl sites for hydroxylation is 1. The molecule has 0 aliphatic carbocycles. The monoisotopic (exact) mass is 327 g/mol. The zero-order chi connectivity index (χ0) is 13.0. The first-order chi connectivity index (χ1) is 8.70. The number of nitrogens with zero attached hydrogens (tertiary/aromatic N) is 2. The number of hydrogen-bond acceptors (Lipinski definition) is 3. The Kier molecular flexibility index (Phi) is 4.97. The highest BCUT2D eigenvalue weighted by atomic mass is 79.9. The molecule has 18 heavy (non-hydrogen) atoms. The highest BCUT2D eigenvalue weighted by Gasteiger charge is 2.08. The summed E-state index contributed by atoms with van der Waals surface area (Å²) >= 11 is 5.28. The molecule has 0 spiro atoms. The minimum atomic E-state index is 0.890. The summed E-state index contributed by atoms with van der Waals surface area (Å²) in [5.41, 5.74) is 1.26. The van der Waals surface area contributed by atoms with Gasteiger partial charge in [0, 0.05) is 27.5 Å². The first kappa shape index (κ1) is 13.8. The number of halogens is 1. The lowest BCUT2D eigenvalue weighted by atomic mass is 10.4. The highest BCUT2D eigenvalue weighted by Crippen LogP contribution is 2.21. The van der Waals surface area contributed by atoms with Crippen LogP contribution >= 0.6 is 27.3 Å². The molecule has 0 amide bonds. The Balaban J connectivity index is 2.08. The van der Waals surface area contributed by atoms with E-state index >= 15 is 0 Å². The van der Waals surface area contributed by atoms with Crippen molar-refractivity contribution in [2.45, 2.75) is 33.4 Å². The van der Waals surface area contributed by atoms with Gasteiger partial charge >= 0.3 is 0 Å². The number of nitrogens with one attached hydrogen (secondary N) is 1. The van der Waals surface area contributed by atoms with E-state index in [0.29, 0.717) is 0 Å². The maximum Gasteiger partial charge on any atom is 0.106 e. The number of imidazole rings is 1. The summed E-state index contributed by atoms with van der Waals surface area (Å²) < 4.78 is 3.44. The van der Waals surface area contributed by atoms with Crippen molar-refractivity contribution in [3.05, 3.63) is 38.5 Å². The lowest BCUT2D eigenvalue weighted by Gasteiger charge is -2.09. The molecule has 1 N–H and O–H groups in total. The summed E-state index contributed by atoms with van der Waals surface area (Å²) in [5, 5.41) is 5.55. The van der Waals surface area contributed by atoms with Gasteiger partial charge in [-0.3, -0.25) is 0 Å². The first-order valence-electron chi connectivity index (χ1n) is 6.15. The van der Waals surface area contributed by atoms with E-state index in [1.165, 1.54) is 10.6 Å². The Morgan fingerprint density at radius 2 is 2.33 bits per heavy atom. The molecular weight excluding hydrogens is 310 g/mol. The predicted molar refractivity (Wildman–Crippen MR) is 80.1 cm³/mol. The zero-order valence-corrected chi connectivity index (χ0v) is 13.1. The third-order valence-corrected chi connectivity index (χ3v) is 4.49. The molecule has 0 aliphatic rings. The van der Waals surface area contributed by atoms with Crippen LogP contribution in [-0.4, -0.2) is 16.1 Å². The van der Waals surface area contributed by atoms with Gasteiger partial charge in [-0.1, -0.05) is 6.92 Å². The Morgan fingerprint density at radius 3 is 3.00 bits per heavy atom. The van der Waals surface area contributed by atoms with Gasteiger partial charge in [-0.15, -0.1) is 11.3 Å². The van der Waals surface area contributed by atoms with Crippen molar-refractivity contribution >= 4 is 27.3 Å². The molecule has 2 heterocycles. The maximum absolute atomic E-state index is 4.41. The van der Waals surface area contributed by atoms with E-state index in [-0.39, 0.29) is 0 Å². The fourth-order valence-electron chi connectivity index (χ4n) is 1.86. The number of hydrogen-bond donors (Lipinski definition) is 1. The van der Waals surface area contributed by atoms with Crippen molar-refractivity contribution in [2.75, 3.05) is 6.54 Å².